The number of benzene rings is 3. The summed E-state index contributed by atoms with van der Waals surface area (Å²) >= 11 is 0. The van der Waals surface area contributed by atoms with Crippen molar-refractivity contribution in [2.75, 3.05) is 19.5 Å². The zero-order valence-electron chi connectivity index (χ0n) is 23.0. The molecule has 3 aromatic carbocycles. The second-order valence-corrected chi connectivity index (χ2v) is 10.6. The van der Waals surface area contributed by atoms with Crippen LogP contribution in [-0.4, -0.2) is 47.6 Å². The fourth-order valence-electron chi connectivity index (χ4n) is 7.00. The van der Waals surface area contributed by atoms with Crippen LogP contribution in [0.1, 0.15) is 43.6 Å². The molecule has 1 saturated heterocycles. The number of anilines is 1. The number of nitrogens with one attached hydrogen (secondary N) is 1. The van der Waals surface area contributed by atoms with Crippen molar-refractivity contribution in [3.63, 3.8) is 0 Å². The summed E-state index contributed by atoms with van der Waals surface area (Å²) in [7, 11) is 3.02. The number of Topliss-reactive ketones (excluding diaryl/α,β-unsaturated/α-hetero) is 2. The highest BCUT2D eigenvalue weighted by Gasteiger charge is 2.71. The highest BCUT2D eigenvalue weighted by atomic mass is 16.5. The topological polar surface area (TPSA) is 97.8 Å². The molecule has 208 valence electrons. The van der Waals surface area contributed by atoms with Crippen molar-refractivity contribution in [3.05, 3.63) is 125 Å². The Balaban J connectivity index is 1.53. The standard InChI is InChI=1S/C34H27N3O5/c1-41-21-14-15-23(27(19-21)42-2)30(38)29-28(31(39)26-13-7-8-17-35-26)34(24-11-5-6-12-25(24)36-33(34)40)32-22-10-4-3-9-20(22)16-18-37(29)32/h3-19,28-29,32H,1-2H3,(H,36,40)/t28-,29+,32+,34+/m1/s1. The van der Waals surface area contributed by atoms with Gasteiger partial charge in [-0.2, -0.15) is 0 Å². The first-order valence-corrected chi connectivity index (χ1v) is 13.7. The average molecular weight is 558 g/mol. The van der Waals surface area contributed by atoms with Crippen molar-refractivity contribution in [2.45, 2.75) is 17.5 Å². The van der Waals surface area contributed by atoms with Gasteiger partial charge in [-0.25, -0.2) is 0 Å². The third-order valence-electron chi connectivity index (χ3n) is 8.71. The molecule has 42 heavy (non-hydrogen) atoms. The number of nitrogens with zero attached hydrogens (tertiary/aromatic N) is 2. The van der Waals surface area contributed by atoms with Crippen molar-refractivity contribution in [1.82, 2.24) is 9.88 Å². The SMILES string of the molecule is COc1ccc(C(=O)[C@@H]2[C@H](C(=O)c3ccccn3)[C@]3(C(=O)Nc4ccccc43)[C@@H]3c4ccccc4C=CN23)c(OC)c1. The van der Waals surface area contributed by atoms with E-state index in [1.165, 1.54) is 14.2 Å². The van der Waals surface area contributed by atoms with Crippen molar-refractivity contribution >= 4 is 29.2 Å². The van der Waals surface area contributed by atoms with Crippen LogP contribution in [0.15, 0.2) is 97.3 Å². The van der Waals surface area contributed by atoms with E-state index >= 15 is 0 Å². The van der Waals surface area contributed by atoms with Gasteiger partial charge < -0.3 is 19.7 Å². The van der Waals surface area contributed by atoms with Crippen molar-refractivity contribution in [3.8, 4) is 11.5 Å². The third kappa shape index (κ3) is 3.48. The van der Waals surface area contributed by atoms with Gasteiger partial charge in [-0.3, -0.25) is 19.4 Å². The molecule has 0 saturated carbocycles. The molecule has 4 heterocycles. The lowest BCUT2D eigenvalue weighted by Crippen LogP contribution is -2.49. The summed E-state index contributed by atoms with van der Waals surface area (Å²) in [5.74, 6) is -1.31. The van der Waals surface area contributed by atoms with Crippen LogP contribution < -0.4 is 14.8 Å². The lowest BCUT2D eigenvalue weighted by molar-refractivity contribution is -0.122. The van der Waals surface area contributed by atoms with E-state index in [0.717, 1.165) is 11.1 Å². The zero-order valence-corrected chi connectivity index (χ0v) is 23.0. The van der Waals surface area contributed by atoms with Crippen LogP contribution in [0.4, 0.5) is 5.69 Å². The van der Waals surface area contributed by atoms with E-state index in [4.69, 9.17) is 9.47 Å². The fraction of sp³-hybridized carbons (Fsp3) is 0.176. The Labute approximate surface area is 242 Å². The van der Waals surface area contributed by atoms with Gasteiger partial charge in [-0.15, -0.1) is 0 Å². The molecule has 0 aliphatic carbocycles. The highest BCUT2D eigenvalue weighted by Crippen LogP contribution is 2.62. The van der Waals surface area contributed by atoms with Crippen molar-refractivity contribution in [2.24, 2.45) is 5.92 Å². The van der Waals surface area contributed by atoms with E-state index in [-0.39, 0.29) is 28.7 Å². The molecule has 1 aromatic heterocycles. The second-order valence-electron chi connectivity index (χ2n) is 10.6. The molecule has 1 fully saturated rings. The number of amides is 1. The van der Waals surface area contributed by atoms with Gasteiger partial charge in [0.05, 0.1) is 31.7 Å². The maximum Gasteiger partial charge on any atom is 0.238 e. The van der Waals surface area contributed by atoms with E-state index < -0.39 is 23.4 Å². The Morgan fingerprint density at radius 2 is 1.69 bits per heavy atom. The number of carbonyl (C=O) groups excluding carboxylic acids is 3. The van der Waals surface area contributed by atoms with Crippen LogP contribution in [0.3, 0.4) is 0 Å². The van der Waals surface area contributed by atoms with Gasteiger partial charge in [0.2, 0.25) is 5.91 Å². The molecular formula is C34H27N3O5. The molecule has 1 N–H and O–H groups in total. The molecular weight excluding hydrogens is 530 g/mol. The number of carbonyl (C=O) groups is 3. The van der Waals surface area contributed by atoms with E-state index in [1.54, 1.807) is 42.6 Å². The maximum atomic E-state index is 14.8. The number of hydrogen-bond donors (Lipinski definition) is 1. The van der Waals surface area contributed by atoms with Crippen LogP contribution in [0.5, 0.6) is 11.5 Å². The first kappa shape index (κ1) is 25.7. The van der Waals surface area contributed by atoms with Crippen LogP contribution in [0.25, 0.3) is 6.08 Å². The number of fused-ring (bicyclic) bond motifs is 6. The van der Waals surface area contributed by atoms with Crippen LogP contribution in [-0.2, 0) is 10.2 Å². The number of aromatic nitrogens is 1. The van der Waals surface area contributed by atoms with Gasteiger partial charge in [-0.05, 0) is 53.1 Å². The molecule has 4 atom stereocenters. The summed E-state index contributed by atoms with van der Waals surface area (Å²) in [5, 5.41) is 3.05. The Morgan fingerprint density at radius 1 is 0.905 bits per heavy atom. The Bertz CT molecular complexity index is 1790. The Morgan fingerprint density at radius 3 is 2.48 bits per heavy atom. The first-order valence-electron chi connectivity index (χ1n) is 13.7. The molecule has 4 aromatic rings. The number of pyridine rings is 1. The van der Waals surface area contributed by atoms with Crippen LogP contribution >= 0.6 is 0 Å². The second kappa shape index (κ2) is 9.69. The molecule has 8 nitrogen and oxygen atoms in total. The number of hydrogen-bond acceptors (Lipinski definition) is 7. The molecule has 0 bridgehead atoms. The molecule has 7 rings (SSSR count). The quantitative estimate of drug-likeness (QED) is 0.330. The van der Waals surface area contributed by atoms with Gasteiger partial charge in [0, 0.05) is 24.2 Å². The minimum atomic E-state index is -1.42. The van der Waals surface area contributed by atoms with Gasteiger partial charge in [0.25, 0.3) is 0 Å². The lowest BCUT2D eigenvalue weighted by atomic mass is 9.63. The third-order valence-corrected chi connectivity index (χ3v) is 8.71. The summed E-state index contributed by atoms with van der Waals surface area (Å²) in [6.07, 6.45) is 5.31. The first-order chi connectivity index (χ1) is 20.5. The smallest absolute Gasteiger partial charge is 0.238 e. The van der Waals surface area contributed by atoms with Gasteiger partial charge in [0.1, 0.15) is 28.6 Å². The molecule has 0 radical (unpaired) electrons. The van der Waals surface area contributed by atoms with Gasteiger partial charge in [-0.1, -0.05) is 48.5 Å². The fourth-order valence-corrected chi connectivity index (χ4v) is 7.00. The summed E-state index contributed by atoms with van der Waals surface area (Å²) < 4.78 is 11.0. The van der Waals surface area contributed by atoms with Gasteiger partial charge in [0.15, 0.2) is 11.6 Å². The molecule has 8 heteroatoms. The summed E-state index contributed by atoms with van der Waals surface area (Å²) in [4.78, 5) is 50.3. The monoisotopic (exact) mass is 557 g/mol. The average Bonchev–Trinajstić information content (AvgIpc) is 3.52. The van der Waals surface area contributed by atoms with Crippen molar-refractivity contribution < 1.29 is 23.9 Å². The number of methoxy groups -OCH3 is 2. The predicted octanol–water partition coefficient (Wildman–Crippen LogP) is 5.08. The van der Waals surface area contributed by atoms with E-state index in [2.05, 4.69) is 10.3 Å². The molecule has 1 amide bonds. The van der Waals surface area contributed by atoms with E-state index in [1.807, 2.05) is 65.7 Å². The number of para-hydroxylation sites is 1. The van der Waals surface area contributed by atoms with Crippen LogP contribution in [0.2, 0.25) is 0 Å². The Hall–Kier alpha value is -5.24. The Kier molecular flexibility index (Phi) is 5.93. The number of rotatable bonds is 6. The normalized spacial score (nSPS) is 23.1. The molecule has 3 aliphatic heterocycles. The minimum absolute atomic E-state index is 0.190. The summed E-state index contributed by atoms with van der Waals surface area (Å²) in [6, 6.07) is 23.6. The molecule has 1 spiro atoms. The van der Waals surface area contributed by atoms with Crippen LogP contribution in [0, 0.1) is 5.92 Å². The van der Waals surface area contributed by atoms with E-state index in [9.17, 15) is 14.4 Å². The predicted molar refractivity (Wildman–Crippen MR) is 157 cm³/mol. The number of ketones is 2. The largest absolute Gasteiger partial charge is 0.497 e. The maximum absolute atomic E-state index is 14.8. The molecule has 0 unspecified atom stereocenters. The minimum Gasteiger partial charge on any atom is -0.497 e. The lowest BCUT2D eigenvalue weighted by Gasteiger charge is -2.38. The highest BCUT2D eigenvalue weighted by molar-refractivity contribution is 6.16. The summed E-state index contributed by atoms with van der Waals surface area (Å²) in [6.45, 7) is 0. The number of ether oxygens (including phenoxy) is 2. The van der Waals surface area contributed by atoms with Crippen molar-refractivity contribution in [1.29, 1.82) is 0 Å². The molecule has 3 aliphatic rings. The zero-order chi connectivity index (χ0) is 29.0. The summed E-state index contributed by atoms with van der Waals surface area (Å²) in [5.41, 5.74) is 2.15. The van der Waals surface area contributed by atoms with E-state index in [0.29, 0.717) is 22.7 Å². The van der Waals surface area contributed by atoms with Gasteiger partial charge >= 0.3 is 0 Å².